The number of nitrogens with one attached hydrogen (secondary N) is 1. The second-order valence-corrected chi connectivity index (χ2v) is 4.43. The van der Waals surface area contributed by atoms with Gasteiger partial charge in [-0.2, -0.15) is 4.68 Å². The van der Waals surface area contributed by atoms with Gasteiger partial charge in [0.25, 0.3) is 5.95 Å². The second kappa shape index (κ2) is 6.65. The average molecular weight is 274 g/mol. The molecule has 0 bridgehead atoms. The van der Waals surface area contributed by atoms with Gasteiger partial charge in [0.05, 0.1) is 12.2 Å². The van der Waals surface area contributed by atoms with Crippen LogP contribution in [0.2, 0.25) is 0 Å². The van der Waals surface area contributed by atoms with Crippen LogP contribution in [-0.2, 0) is 4.79 Å². The number of likely N-dealkylation sites (N-methyl/N-ethyl adjacent to an activating group) is 1. The predicted octanol–water partition coefficient (Wildman–Crippen LogP) is 0.625. The van der Waals surface area contributed by atoms with E-state index in [0.717, 1.165) is 12.1 Å². The number of anilines is 1. The molecule has 0 unspecified atom stereocenters. The summed E-state index contributed by atoms with van der Waals surface area (Å²) in [7, 11) is 1.79. The van der Waals surface area contributed by atoms with Crippen LogP contribution in [0.4, 0.5) is 5.95 Å². The Kier molecular flexibility index (Phi) is 4.65. The van der Waals surface area contributed by atoms with Crippen molar-refractivity contribution >= 4 is 11.9 Å². The normalized spacial score (nSPS) is 10.3. The lowest BCUT2D eigenvalue weighted by Crippen LogP contribution is -2.36. The summed E-state index contributed by atoms with van der Waals surface area (Å²) >= 11 is 0. The van der Waals surface area contributed by atoms with E-state index in [1.54, 1.807) is 16.6 Å². The molecule has 0 aliphatic heterocycles. The van der Waals surface area contributed by atoms with Crippen LogP contribution in [0.3, 0.4) is 0 Å². The van der Waals surface area contributed by atoms with Crippen molar-refractivity contribution in [1.82, 2.24) is 25.5 Å². The molecule has 0 radical (unpaired) electrons. The fourth-order valence-corrected chi connectivity index (χ4v) is 1.76. The molecule has 1 heterocycles. The van der Waals surface area contributed by atoms with Crippen LogP contribution in [0.1, 0.15) is 13.3 Å². The van der Waals surface area contributed by atoms with Crippen molar-refractivity contribution in [2.75, 3.05) is 25.0 Å². The molecular weight excluding hydrogens is 256 g/mol. The van der Waals surface area contributed by atoms with Gasteiger partial charge in [-0.3, -0.25) is 4.79 Å². The zero-order valence-electron chi connectivity index (χ0n) is 11.7. The van der Waals surface area contributed by atoms with Crippen LogP contribution in [0.5, 0.6) is 0 Å². The van der Waals surface area contributed by atoms with Gasteiger partial charge in [-0.1, -0.05) is 30.2 Å². The van der Waals surface area contributed by atoms with Crippen molar-refractivity contribution in [3.8, 4) is 5.69 Å². The number of carbonyl (C=O) groups excluding carboxylic acids is 1. The number of hydrogen-bond donors (Lipinski definition) is 1. The van der Waals surface area contributed by atoms with Crippen LogP contribution >= 0.6 is 0 Å². The number of hydrogen-bond acceptors (Lipinski definition) is 5. The van der Waals surface area contributed by atoms with Crippen LogP contribution in [0, 0.1) is 0 Å². The number of rotatable bonds is 6. The summed E-state index contributed by atoms with van der Waals surface area (Å²) < 4.78 is 1.60. The molecule has 1 aromatic heterocycles. The molecule has 0 aliphatic carbocycles. The lowest BCUT2D eigenvalue weighted by molar-refractivity contribution is -0.119. The van der Waals surface area contributed by atoms with Gasteiger partial charge in [0, 0.05) is 13.6 Å². The third-order valence-corrected chi connectivity index (χ3v) is 2.75. The molecule has 0 aliphatic rings. The van der Waals surface area contributed by atoms with E-state index in [1.165, 1.54) is 0 Å². The zero-order valence-corrected chi connectivity index (χ0v) is 11.7. The summed E-state index contributed by atoms with van der Waals surface area (Å²) in [5.74, 6) is 0.486. The molecule has 0 saturated carbocycles. The molecule has 106 valence electrons. The maximum Gasteiger partial charge on any atom is 0.250 e. The Bertz CT molecular complexity index is 553. The van der Waals surface area contributed by atoms with Gasteiger partial charge < -0.3 is 10.2 Å². The average Bonchev–Trinajstić information content (AvgIpc) is 2.95. The molecule has 20 heavy (non-hydrogen) atoms. The van der Waals surface area contributed by atoms with Gasteiger partial charge >= 0.3 is 0 Å². The van der Waals surface area contributed by atoms with E-state index in [9.17, 15) is 4.79 Å². The number of benzene rings is 1. The van der Waals surface area contributed by atoms with Crippen molar-refractivity contribution in [1.29, 1.82) is 0 Å². The number of amides is 1. The van der Waals surface area contributed by atoms with Gasteiger partial charge in [-0.25, -0.2) is 0 Å². The van der Waals surface area contributed by atoms with Crippen LogP contribution < -0.4 is 10.2 Å². The molecule has 1 N–H and O–H groups in total. The van der Waals surface area contributed by atoms with Gasteiger partial charge in [0.15, 0.2) is 0 Å². The third-order valence-electron chi connectivity index (χ3n) is 2.75. The Labute approximate surface area is 117 Å². The number of aromatic nitrogens is 4. The highest BCUT2D eigenvalue weighted by Gasteiger charge is 2.15. The number of para-hydroxylation sites is 1. The molecule has 1 aromatic carbocycles. The zero-order chi connectivity index (χ0) is 14.4. The Morgan fingerprint density at radius 1 is 1.35 bits per heavy atom. The maximum absolute atomic E-state index is 11.7. The van der Waals surface area contributed by atoms with E-state index < -0.39 is 0 Å². The molecule has 7 nitrogen and oxygen atoms in total. The first-order valence-corrected chi connectivity index (χ1v) is 6.54. The number of tetrazole rings is 1. The van der Waals surface area contributed by atoms with Crippen molar-refractivity contribution in [2.45, 2.75) is 13.3 Å². The largest absolute Gasteiger partial charge is 0.355 e. The molecule has 0 saturated heterocycles. The van der Waals surface area contributed by atoms with Crippen LogP contribution in [0.15, 0.2) is 30.3 Å². The maximum atomic E-state index is 11.7. The standard InChI is InChI=1S/C13H18N6O/c1-3-9-14-12(20)10-18(2)13-15-16-17-19(13)11-7-5-4-6-8-11/h4-8H,3,9-10H2,1-2H3,(H,14,20). The topological polar surface area (TPSA) is 75.9 Å². The molecular formula is C13H18N6O. The van der Waals surface area contributed by atoms with Crippen molar-refractivity contribution in [2.24, 2.45) is 0 Å². The lowest BCUT2D eigenvalue weighted by atomic mass is 10.3. The highest BCUT2D eigenvalue weighted by Crippen LogP contribution is 2.13. The van der Waals surface area contributed by atoms with E-state index in [-0.39, 0.29) is 12.5 Å². The number of nitrogens with zero attached hydrogens (tertiary/aromatic N) is 5. The predicted molar refractivity (Wildman–Crippen MR) is 75.7 cm³/mol. The van der Waals surface area contributed by atoms with Crippen molar-refractivity contribution < 1.29 is 4.79 Å². The van der Waals surface area contributed by atoms with Crippen LogP contribution in [0.25, 0.3) is 5.69 Å². The minimum atomic E-state index is -0.0445. The van der Waals surface area contributed by atoms with Gasteiger partial charge in [-0.15, -0.1) is 0 Å². The van der Waals surface area contributed by atoms with E-state index in [1.807, 2.05) is 37.3 Å². The molecule has 2 aromatic rings. The van der Waals surface area contributed by atoms with Crippen LogP contribution in [-0.4, -0.2) is 46.3 Å². The Hall–Kier alpha value is -2.44. The molecule has 0 spiro atoms. The fraction of sp³-hybridized carbons (Fsp3) is 0.385. The molecule has 0 fully saturated rings. The summed E-state index contributed by atoms with van der Waals surface area (Å²) in [6.07, 6.45) is 0.914. The molecule has 1 amide bonds. The molecule has 2 rings (SSSR count). The highest BCUT2D eigenvalue weighted by atomic mass is 16.2. The molecule has 7 heteroatoms. The SMILES string of the molecule is CCCNC(=O)CN(C)c1nnnn1-c1ccccc1. The summed E-state index contributed by atoms with van der Waals surface area (Å²) in [4.78, 5) is 13.4. The summed E-state index contributed by atoms with van der Waals surface area (Å²) in [6.45, 7) is 2.91. The number of carbonyl (C=O) groups is 1. The smallest absolute Gasteiger partial charge is 0.250 e. The summed E-state index contributed by atoms with van der Waals surface area (Å²) in [5.41, 5.74) is 0.855. The van der Waals surface area contributed by atoms with Gasteiger partial charge in [0.1, 0.15) is 0 Å². The fourth-order valence-electron chi connectivity index (χ4n) is 1.76. The summed E-state index contributed by atoms with van der Waals surface area (Å²) in [6, 6.07) is 9.56. The minimum Gasteiger partial charge on any atom is -0.355 e. The third kappa shape index (κ3) is 3.31. The van der Waals surface area contributed by atoms with Gasteiger partial charge in [0.2, 0.25) is 5.91 Å². The first-order chi connectivity index (χ1) is 9.72. The lowest BCUT2D eigenvalue weighted by Gasteiger charge is -2.17. The van der Waals surface area contributed by atoms with Crippen molar-refractivity contribution in [3.05, 3.63) is 30.3 Å². The minimum absolute atomic E-state index is 0.0445. The van der Waals surface area contributed by atoms with E-state index in [0.29, 0.717) is 12.5 Å². The second-order valence-electron chi connectivity index (χ2n) is 4.43. The Morgan fingerprint density at radius 3 is 2.80 bits per heavy atom. The quantitative estimate of drug-likeness (QED) is 0.836. The Balaban J connectivity index is 2.10. The van der Waals surface area contributed by atoms with E-state index >= 15 is 0 Å². The van der Waals surface area contributed by atoms with E-state index in [2.05, 4.69) is 20.8 Å². The highest BCUT2D eigenvalue weighted by molar-refractivity contribution is 5.80. The first-order valence-electron chi connectivity index (χ1n) is 6.54. The first kappa shape index (κ1) is 14.0. The van der Waals surface area contributed by atoms with Gasteiger partial charge in [-0.05, 0) is 29.0 Å². The van der Waals surface area contributed by atoms with Crippen molar-refractivity contribution in [3.63, 3.8) is 0 Å². The Morgan fingerprint density at radius 2 is 2.10 bits per heavy atom. The van der Waals surface area contributed by atoms with E-state index in [4.69, 9.17) is 0 Å². The molecule has 0 atom stereocenters. The monoisotopic (exact) mass is 274 g/mol. The summed E-state index contributed by atoms with van der Waals surface area (Å²) in [5, 5.41) is 14.4.